The first-order chi connectivity index (χ1) is 6.15. The van der Waals surface area contributed by atoms with Crippen molar-refractivity contribution >= 4 is 11.9 Å². The molecule has 0 bridgehead atoms. The fourth-order valence-electron chi connectivity index (χ4n) is 0.755. The number of carbonyl (C=O) groups excluding carboxylic acids is 1. The number of hydrogen-bond donors (Lipinski definition) is 0. The van der Waals surface area contributed by atoms with Crippen molar-refractivity contribution < 1.29 is 13.9 Å². The van der Waals surface area contributed by atoms with Crippen LogP contribution in [0, 0.1) is 11.0 Å². The fraction of sp³-hybridized carbons (Fsp3) is 0. The molecule has 66 valence electrons. The van der Waals surface area contributed by atoms with Crippen molar-refractivity contribution in [2.45, 2.75) is 0 Å². The molecule has 0 aromatic heterocycles. The molecule has 0 aliphatic heterocycles. The maximum Gasteiger partial charge on any atom is 0.261 e. The predicted molar refractivity (Wildman–Crippen MR) is 42.7 cm³/mol. The van der Waals surface area contributed by atoms with Gasteiger partial charge in [0.25, 0.3) is 5.91 Å². The van der Waals surface area contributed by atoms with Crippen molar-refractivity contribution in [2.75, 3.05) is 0 Å². The van der Waals surface area contributed by atoms with Crippen LogP contribution in [0.1, 0.15) is 10.4 Å². The summed E-state index contributed by atoms with van der Waals surface area (Å²) in [6.45, 7) is 0. The summed E-state index contributed by atoms with van der Waals surface area (Å²) in [5, 5.41) is 18.6. The molecule has 0 atom stereocenters. The van der Waals surface area contributed by atoms with Crippen LogP contribution in [0.15, 0.2) is 24.3 Å². The van der Waals surface area contributed by atoms with Crippen molar-refractivity contribution in [1.29, 1.82) is 0 Å². The topological polar surface area (TPSA) is 65.4 Å². The van der Waals surface area contributed by atoms with Gasteiger partial charge in [0.2, 0.25) is 0 Å². The zero-order valence-corrected chi connectivity index (χ0v) is 6.40. The van der Waals surface area contributed by atoms with E-state index in [2.05, 4.69) is 0 Å². The fourth-order valence-corrected chi connectivity index (χ4v) is 0.755. The molecule has 0 heterocycles. The van der Waals surface area contributed by atoms with E-state index in [-0.39, 0.29) is 10.3 Å². The second-order valence-corrected chi connectivity index (χ2v) is 2.21. The van der Waals surface area contributed by atoms with E-state index < -0.39 is 11.7 Å². The highest BCUT2D eigenvalue weighted by Gasteiger charge is 2.02. The molecule has 1 aromatic carbocycles. The van der Waals surface area contributed by atoms with Crippen molar-refractivity contribution in [3.05, 3.63) is 46.3 Å². The summed E-state index contributed by atoms with van der Waals surface area (Å²) in [5.74, 6) is -1.51. The lowest BCUT2D eigenvalue weighted by atomic mass is 10.2. The normalized spacial score (nSPS) is 9.00. The third kappa shape index (κ3) is 1.98. The van der Waals surface area contributed by atoms with E-state index >= 15 is 0 Å². The Morgan fingerprint density at radius 2 is 2.00 bits per heavy atom. The Morgan fingerprint density at radius 3 is 2.46 bits per heavy atom. The van der Waals surface area contributed by atoms with Gasteiger partial charge in [-0.25, -0.2) is 4.39 Å². The lowest BCUT2D eigenvalue weighted by Gasteiger charge is -2.09. The van der Waals surface area contributed by atoms with E-state index in [0.717, 1.165) is 30.3 Å². The minimum absolute atomic E-state index is 0.0158. The lowest BCUT2D eigenvalue weighted by molar-refractivity contribution is -0.344. The number of carbonyl (C=O) groups is 1. The number of rotatable bonds is 1. The van der Waals surface area contributed by atoms with Gasteiger partial charge in [0, 0.05) is 5.56 Å². The predicted octanol–water partition coefficient (Wildman–Crippen LogP) is 1.22. The molecule has 5 heteroatoms. The van der Waals surface area contributed by atoms with Crippen molar-refractivity contribution in [2.24, 2.45) is 0 Å². The Labute approximate surface area is 73.0 Å². The minimum atomic E-state index is -0.998. The molecule has 0 aliphatic rings. The van der Waals surface area contributed by atoms with Gasteiger partial charge in [-0.2, -0.15) is 0 Å². The van der Waals surface area contributed by atoms with Gasteiger partial charge in [-0.3, -0.25) is 9.53 Å². The Hall–Kier alpha value is -2.00. The highest BCUT2D eigenvalue weighted by atomic mass is 19.1. The molecule has 0 fully saturated rings. The first-order valence-electron chi connectivity index (χ1n) is 3.32. The summed E-state index contributed by atoms with van der Waals surface area (Å²) in [6, 6.07) is 5.47. The summed E-state index contributed by atoms with van der Waals surface area (Å²) in [5.41, 5.74) is -0.0158. The smallest absolute Gasteiger partial charge is 0.261 e. The van der Waals surface area contributed by atoms with Crippen LogP contribution in [-0.4, -0.2) is 16.7 Å². The first kappa shape index (κ1) is 9.09. The van der Waals surface area contributed by atoms with E-state index in [1.54, 1.807) is 0 Å². The van der Waals surface area contributed by atoms with E-state index in [4.69, 9.17) is 5.41 Å². The number of benzene rings is 1. The van der Waals surface area contributed by atoms with E-state index in [9.17, 15) is 14.4 Å². The van der Waals surface area contributed by atoms with E-state index in [1.165, 1.54) is 0 Å². The molecule has 0 unspecified atom stereocenters. The third-order valence-corrected chi connectivity index (χ3v) is 1.37. The quantitative estimate of drug-likeness (QED) is 0.281. The summed E-state index contributed by atoms with van der Waals surface area (Å²) in [7, 11) is 0. The van der Waals surface area contributed by atoms with Gasteiger partial charge < -0.3 is 5.21 Å². The number of halogens is 1. The third-order valence-electron chi connectivity index (χ3n) is 1.37. The molecule has 0 N–H and O–H groups in total. The molecule has 0 spiro atoms. The van der Waals surface area contributed by atoms with Gasteiger partial charge in [-0.05, 0) is 24.3 Å². The summed E-state index contributed by atoms with van der Waals surface area (Å²) >= 11 is 0. The summed E-state index contributed by atoms with van der Waals surface area (Å²) < 4.78 is 12.0. The molecule has 1 amide bonds. The van der Waals surface area contributed by atoms with Crippen molar-refractivity contribution in [1.82, 2.24) is 0 Å². The van der Waals surface area contributed by atoms with Crippen LogP contribution >= 0.6 is 0 Å². The van der Waals surface area contributed by atoms with Crippen LogP contribution < -0.4 is 0 Å². The number of hydroxylamine groups is 1. The van der Waals surface area contributed by atoms with Crippen LogP contribution in [0.4, 0.5) is 4.39 Å². The SMILES string of the molecule is [N-]=C=[N+]([O-])C(=O)c1ccc(F)cc1. The molecule has 13 heavy (non-hydrogen) atoms. The zero-order chi connectivity index (χ0) is 9.84. The highest BCUT2D eigenvalue weighted by Crippen LogP contribution is 2.03. The Kier molecular flexibility index (Phi) is 2.52. The van der Waals surface area contributed by atoms with Gasteiger partial charge in [-0.15, -0.1) is 0 Å². The largest absolute Gasteiger partial charge is 0.796 e. The second kappa shape index (κ2) is 3.60. The zero-order valence-electron chi connectivity index (χ0n) is 6.40. The van der Waals surface area contributed by atoms with Crippen LogP contribution in [0.25, 0.3) is 5.41 Å². The van der Waals surface area contributed by atoms with Gasteiger partial charge >= 0.3 is 0 Å². The molecule has 0 radical (unpaired) electrons. The number of nitrogens with zero attached hydrogens (tertiary/aromatic N) is 2. The maximum atomic E-state index is 12.4. The first-order valence-corrected chi connectivity index (χ1v) is 3.32. The van der Waals surface area contributed by atoms with Gasteiger partial charge in [0.15, 0.2) is 0 Å². The number of amides is 1. The Bertz CT molecular complexity index is 380. The average molecular weight is 179 g/mol. The molecule has 0 aliphatic carbocycles. The van der Waals surface area contributed by atoms with Gasteiger partial charge in [-0.1, -0.05) is 5.41 Å². The maximum absolute atomic E-state index is 12.4. The standard InChI is InChI=1S/C8H4FN2O2/c9-7-3-1-6(2-4-7)8(12)11(13)5-10/h1-4H/q-1. The van der Waals surface area contributed by atoms with Crippen LogP contribution in [0.3, 0.4) is 0 Å². The average Bonchev–Trinajstić information content (AvgIpc) is 2.17. The van der Waals surface area contributed by atoms with E-state index in [1.807, 2.05) is 0 Å². The van der Waals surface area contributed by atoms with Crippen molar-refractivity contribution in [3.63, 3.8) is 0 Å². The lowest BCUT2D eigenvalue weighted by Crippen LogP contribution is -2.13. The van der Waals surface area contributed by atoms with Crippen molar-refractivity contribution in [3.8, 4) is 0 Å². The Balaban J connectivity index is 3.03. The molecule has 0 saturated heterocycles. The van der Waals surface area contributed by atoms with Crippen LogP contribution in [0.2, 0.25) is 0 Å². The molecular formula is C8H4FN2O2-. The second-order valence-electron chi connectivity index (χ2n) is 2.21. The molecule has 0 saturated carbocycles. The monoisotopic (exact) mass is 179 g/mol. The molecule has 4 nitrogen and oxygen atoms in total. The summed E-state index contributed by atoms with van der Waals surface area (Å²) in [4.78, 5) is 11.0. The highest BCUT2D eigenvalue weighted by molar-refractivity contribution is 5.89. The summed E-state index contributed by atoms with van der Waals surface area (Å²) in [6.07, 6.45) is 0. The van der Waals surface area contributed by atoms with Crippen LogP contribution in [0.5, 0.6) is 0 Å². The van der Waals surface area contributed by atoms with Crippen LogP contribution in [-0.2, 0) is 0 Å². The Morgan fingerprint density at radius 1 is 1.46 bits per heavy atom. The minimum Gasteiger partial charge on any atom is -0.796 e. The van der Waals surface area contributed by atoms with Gasteiger partial charge in [0.1, 0.15) is 5.82 Å². The number of hydrogen-bond acceptors (Lipinski definition) is 2. The molecular weight excluding hydrogens is 175 g/mol. The van der Waals surface area contributed by atoms with Gasteiger partial charge in [0.05, 0.1) is 6.01 Å². The molecule has 1 aromatic rings. The molecule has 1 rings (SSSR count). The van der Waals surface area contributed by atoms with E-state index in [0.29, 0.717) is 0 Å².